The summed E-state index contributed by atoms with van der Waals surface area (Å²) >= 11 is 6.01. The summed E-state index contributed by atoms with van der Waals surface area (Å²) in [5, 5.41) is 3.51. The zero-order valence-corrected chi connectivity index (χ0v) is 10.4. The van der Waals surface area contributed by atoms with Crippen molar-refractivity contribution in [2.45, 2.75) is 13.5 Å². The molecule has 0 bridgehead atoms. The molecule has 0 saturated heterocycles. The molecule has 0 unspecified atom stereocenters. The van der Waals surface area contributed by atoms with Gasteiger partial charge in [0.15, 0.2) is 5.75 Å². The molecular weight excluding hydrogens is 240 g/mol. The molecule has 0 aliphatic rings. The molecule has 0 amide bonds. The first-order valence-corrected chi connectivity index (χ1v) is 5.60. The van der Waals surface area contributed by atoms with Crippen molar-refractivity contribution in [3.05, 3.63) is 40.7 Å². The van der Waals surface area contributed by atoms with Crippen LogP contribution in [0.5, 0.6) is 11.8 Å². The van der Waals surface area contributed by atoms with Crippen molar-refractivity contribution < 1.29 is 9.15 Å². The molecule has 5 heteroatoms. The van der Waals surface area contributed by atoms with Gasteiger partial charge in [-0.05, 0) is 31.7 Å². The van der Waals surface area contributed by atoms with Crippen LogP contribution >= 0.6 is 11.6 Å². The van der Waals surface area contributed by atoms with Gasteiger partial charge < -0.3 is 14.5 Å². The molecule has 1 aromatic carbocycles. The zero-order valence-electron chi connectivity index (χ0n) is 9.66. The van der Waals surface area contributed by atoms with Crippen LogP contribution in [-0.4, -0.2) is 12.0 Å². The van der Waals surface area contributed by atoms with Crippen molar-refractivity contribution in [2.75, 3.05) is 7.05 Å². The Morgan fingerprint density at radius 3 is 3.06 bits per heavy atom. The molecule has 0 fully saturated rings. The van der Waals surface area contributed by atoms with Gasteiger partial charge in [0, 0.05) is 6.54 Å². The maximum atomic E-state index is 6.01. The average Bonchev–Trinajstić information content (AvgIpc) is 2.72. The van der Waals surface area contributed by atoms with Gasteiger partial charge in [-0.25, -0.2) is 0 Å². The Labute approximate surface area is 105 Å². The van der Waals surface area contributed by atoms with Crippen molar-refractivity contribution in [3.63, 3.8) is 0 Å². The Morgan fingerprint density at radius 2 is 2.29 bits per heavy atom. The second-order valence-corrected chi connectivity index (χ2v) is 4.08. The summed E-state index contributed by atoms with van der Waals surface area (Å²) < 4.78 is 10.7. The van der Waals surface area contributed by atoms with Crippen molar-refractivity contribution in [1.29, 1.82) is 0 Å². The highest BCUT2D eigenvalue weighted by Crippen LogP contribution is 2.29. The molecule has 2 rings (SSSR count). The smallest absolute Gasteiger partial charge is 0.399 e. The quantitative estimate of drug-likeness (QED) is 0.908. The lowest BCUT2D eigenvalue weighted by Gasteiger charge is -2.03. The van der Waals surface area contributed by atoms with Crippen molar-refractivity contribution in [1.82, 2.24) is 10.3 Å². The summed E-state index contributed by atoms with van der Waals surface area (Å²) in [6.45, 7) is 2.60. The average molecular weight is 253 g/mol. The Bertz CT molecular complexity index is 511. The maximum Gasteiger partial charge on any atom is 0.399 e. The molecular formula is C12H13ClN2O2. The van der Waals surface area contributed by atoms with Crippen LogP contribution in [0.1, 0.15) is 11.3 Å². The van der Waals surface area contributed by atoms with Crippen molar-refractivity contribution in [3.8, 4) is 11.8 Å². The highest BCUT2D eigenvalue weighted by atomic mass is 35.5. The van der Waals surface area contributed by atoms with Crippen LogP contribution in [0.2, 0.25) is 5.02 Å². The fourth-order valence-electron chi connectivity index (χ4n) is 1.38. The van der Waals surface area contributed by atoms with Gasteiger partial charge in [-0.1, -0.05) is 17.7 Å². The number of benzene rings is 1. The molecule has 0 spiro atoms. The van der Waals surface area contributed by atoms with E-state index in [1.807, 2.05) is 26.1 Å². The molecule has 90 valence electrons. The van der Waals surface area contributed by atoms with Gasteiger partial charge in [-0.3, -0.25) is 0 Å². The number of oxazole rings is 1. The van der Waals surface area contributed by atoms with Crippen molar-refractivity contribution in [2.24, 2.45) is 0 Å². The largest absolute Gasteiger partial charge is 0.417 e. The van der Waals surface area contributed by atoms with E-state index in [-0.39, 0.29) is 6.08 Å². The minimum Gasteiger partial charge on any atom is -0.417 e. The monoisotopic (exact) mass is 252 g/mol. The highest BCUT2D eigenvalue weighted by Gasteiger charge is 2.08. The van der Waals surface area contributed by atoms with Crippen LogP contribution in [0.3, 0.4) is 0 Å². The third kappa shape index (κ3) is 2.99. The second kappa shape index (κ2) is 5.21. The first-order chi connectivity index (χ1) is 8.19. The first-order valence-electron chi connectivity index (χ1n) is 5.22. The lowest BCUT2D eigenvalue weighted by Crippen LogP contribution is -2.04. The lowest BCUT2D eigenvalue weighted by molar-refractivity contribution is 0.330. The number of hydrogen-bond acceptors (Lipinski definition) is 4. The number of aryl methyl sites for hydroxylation is 1. The molecule has 17 heavy (non-hydrogen) atoms. The summed E-state index contributed by atoms with van der Waals surface area (Å²) in [6.07, 6.45) is 1.75. The molecule has 4 nitrogen and oxygen atoms in total. The first kappa shape index (κ1) is 12.0. The molecule has 0 radical (unpaired) electrons. The van der Waals surface area contributed by atoms with E-state index in [1.165, 1.54) is 0 Å². The number of hydrogen-bond donors (Lipinski definition) is 1. The van der Waals surface area contributed by atoms with Crippen LogP contribution in [0.15, 0.2) is 28.9 Å². The van der Waals surface area contributed by atoms with Gasteiger partial charge in [0.25, 0.3) is 0 Å². The van der Waals surface area contributed by atoms with Crippen LogP contribution in [0.4, 0.5) is 0 Å². The number of nitrogens with zero attached hydrogens (tertiary/aromatic N) is 1. The topological polar surface area (TPSA) is 47.3 Å². The van der Waals surface area contributed by atoms with E-state index >= 15 is 0 Å². The summed E-state index contributed by atoms with van der Waals surface area (Å²) in [6, 6.07) is 5.53. The van der Waals surface area contributed by atoms with Crippen LogP contribution in [0.25, 0.3) is 0 Å². The van der Waals surface area contributed by atoms with E-state index in [0.29, 0.717) is 17.3 Å². The van der Waals surface area contributed by atoms with Gasteiger partial charge in [-0.15, -0.1) is 0 Å². The SMILES string of the molecule is CNCc1coc(Oc2cc(C)ccc2Cl)n1. The molecule has 0 aliphatic heterocycles. The molecule has 0 atom stereocenters. The third-order valence-electron chi connectivity index (χ3n) is 2.17. The highest BCUT2D eigenvalue weighted by molar-refractivity contribution is 6.32. The molecule has 1 heterocycles. The number of rotatable bonds is 4. The molecule has 0 saturated carbocycles. The van der Waals surface area contributed by atoms with E-state index < -0.39 is 0 Å². The van der Waals surface area contributed by atoms with E-state index in [0.717, 1.165) is 11.3 Å². The summed E-state index contributed by atoms with van der Waals surface area (Å²) in [5.41, 5.74) is 1.85. The molecule has 0 aliphatic carbocycles. The Balaban J connectivity index is 2.16. The molecule has 2 aromatic rings. The summed E-state index contributed by atoms with van der Waals surface area (Å²) in [4.78, 5) is 4.16. The summed E-state index contributed by atoms with van der Waals surface area (Å²) in [7, 11) is 1.84. The van der Waals surface area contributed by atoms with E-state index in [1.54, 1.807) is 12.3 Å². The lowest BCUT2D eigenvalue weighted by atomic mass is 10.2. The fraction of sp³-hybridized carbons (Fsp3) is 0.250. The van der Waals surface area contributed by atoms with Gasteiger partial charge in [0.1, 0.15) is 6.26 Å². The second-order valence-electron chi connectivity index (χ2n) is 3.67. The Hall–Kier alpha value is -1.52. The Kier molecular flexibility index (Phi) is 3.66. The standard InChI is InChI=1S/C12H13ClN2O2/c1-8-3-4-10(13)11(5-8)17-12-15-9(6-14-2)7-16-12/h3-5,7,14H,6H2,1-2H3. The third-order valence-corrected chi connectivity index (χ3v) is 2.48. The van der Waals surface area contributed by atoms with Crippen LogP contribution < -0.4 is 10.1 Å². The normalized spacial score (nSPS) is 10.5. The van der Waals surface area contributed by atoms with Gasteiger partial charge in [0.05, 0.1) is 10.7 Å². The predicted octanol–water partition coefficient (Wildman–Crippen LogP) is 3.15. The van der Waals surface area contributed by atoms with E-state index in [4.69, 9.17) is 20.8 Å². The van der Waals surface area contributed by atoms with Gasteiger partial charge >= 0.3 is 6.08 Å². The zero-order chi connectivity index (χ0) is 12.3. The number of halogens is 1. The number of nitrogens with one attached hydrogen (secondary N) is 1. The predicted molar refractivity (Wildman–Crippen MR) is 65.5 cm³/mol. The van der Waals surface area contributed by atoms with Gasteiger partial charge in [-0.2, -0.15) is 4.98 Å². The molecule has 1 aromatic heterocycles. The number of aromatic nitrogens is 1. The summed E-state index contributed by atoms with van der Waals surface area (Å²) in [5.74, 6) is 0.546. The minimum atomic E-state index is 0.197. The Morgan fingerprint density at radius 1 is 1.47 bits per heavy atom. The van der Waals surface area contributed by atoms with E-state index in [2.05, 4.69) is 10.3 Å². The molecule has 1 N–H and O–H groups in total. The van der Waals surface area contributed by atoms with Crippen molar-refractivity contribution >= 4 is 11.6 Å². The number of ether oxygens (including phenoxy) is 1. The fourth-order valence-corrected chi connectivity index (χ4v) is 1.54. The minimum absolute atomic E-state index is 0.197. The van der Waals surface area contributed by atoms with E-state index in [9.17, 15) is 0 Å². The van der Waals surface area contributed by atoms with Gasteiger partial charge in [0.2, 0.25) is 0 Å². The maximum absolute atomic E-state index is 6.01. The van der Waals surface area contributed by atoms with Crippen LogP contribution in [-0.2, 0) is 6.54 Å². The van der Waals surface area contributed by atoms with Crippen LogP contribution in [0, 0.1) is 6.92 Å².